The summed E-state index contributed by atoms with van der Waals surface area (Å²) in [6.45, 7) is 3.45. The van der Waals surface area contributed by atoms with Crippen molar-refractivity contribution >= 4 is 21.8 Å². The molecule has 0 bridgehead atoms. The highest BCUT2D eigenvalue weighted by Gasteiger charge is 2.14. The minimum Gasteiger partial charge on any atom is -0.337 e. The van der Waals surface area contributed by atoms with Crippen LogP contribution in [0.4, 0.5) is 0 Å². The van der Waals surface area contributed by atoms with Gasteiger partial charge in [-0.05, 0) is 12.5 Å². The Labute approximate surface area is 109 Å². The second kappa shape index (κ2) is 7.27. The maximum atomic E-state index is 12.1. The molecule has 0 aliphatic heterocycles. The summed E-state index contributed by atoms with van der Waals surface area (Å²) in [4.78, 5) is 27.6. The van der Waals surface area contributed by atoms with Crippen molar-refractivity contribution in [2.24, 2.45) is 0 Å². The van der Waals surface area contributed by atoms with E-state index in [0.29, 0.717) is 12.2 Å². The van der Waals surface area contributed by atoms with Gasteiger partial charge in [0.2, 0.25) is 5.56 Å². The summed E-state index contributed by atoms with van der Waals surface area (Å²) in [7, 11) is 0. The molecule has 0 spiro atoms. The summed E-state index contributed by atoms with van der Waals surface area (Å²) in [5.41, 5.74) is 0.111. The van der Waals surface area contributed by atoms with Crippen LogP contribution in [-0.4, -0.2) is 34.2 Å². The number of amides is 1. The van der Waals surface area contributed by atoms with Crippen LogP contribution in [0.25, 0.3) is 0 Å². The number of aromatic nitrogens is 1. The first-order chi connectivity index (χ1) is 8.19. The Morgan fingerprint density at radius 1 is 1.41 bits per heavy atom. The van der Waals surface area contributed by atoms with E-state index in [2.05, 4.69) is 27.8 Å². The van der Waals surface area contributed by atoms with E-state index in [1.807, 2.05) is 0 Å². The fourth-order valence-corrected chi connectivity index (χ4v) is 1.94. The Hall–Kier alpha value is -1.10. The van der Waals surface area contributed by atoms with E-state index in [9.17, 15) is 9.59 Å². The summed E-state index contributed by atoms with van der Waals surface area (Å²) in [5.74, 6) is -0.115. The molecule has 0 fully saturated rings. The predicted molar refractivity (Wildman–Crippen MR) is 71.7 cm³/mol. The van der Waals surface area contributed by atoms with Crippen molar-refractivity contribution in [1.29, 1.82) is 0 Å². The van der Waals surface area contributed by atoms with Gasteiger partial charge in [-0.25, -0.2) is 0 Å². The van der Waals surface area contributed by atoms with Crippen molar-refractivity contribution in [3.8, 4) is 0 Å². The number of unbranched alkanes of at least 4 members (excludes halogenated alkanes) is 1. The standard InChI is InChI=1S/C12H17BrN2O2/c1-2-3-8-15(9-7-13)12(17)10-5-4-6-11(16)14-10/h4-6H,2-3,7-9H2,1H3,(H,14,16). The highest BCUT2D eigenvalue weighted by molar-refractivity contribution is 9.09. The number of carbonyl (C=O) groups excluding carboxylic acids is 1. The predicted octanol–water partition coefficient (Wildman–Crippen LogP) is 2.01. The summed E-state index contributed by atoms with van der Waals surface area (Å²) in [6.07, 6.45) is 2.01. The zero-order valence-corrected chi connectivity index (χ0v) is 11.5. The Kier molecular flexibility index (Phi) is 5.97. The van der Waals surface area contributed by atoms with Crippen LogP contribution in [-0.2, 0) is 0 Å². The minimum absolute atomic E-state index is 0.115. The number of hydrogen-bond donors (Lipinski definition) is 1. The van der Waals surface area contributed by atoms with Gasteiger partial charge in [-0.2, -0.15) is 0 Å². The average Bonchev–Trinajstić information content (AvgIpc) is 2.33. The van der Waals surface area contributed by atoms with Gasteiger partial charge >= 0.3 is 0 Å². The molecule has 0 aliphatic rings. The van der Waals surface area contributed by atoms with E-state index in [-0.39, 0.29) is 11.5 Å². The van der Waals surface area contributed by atoms with Crippen molar-refractivity contribution in [1.82, 2.24) is 9.88 Å². The lowest BCUT2D eigenvalue weighted by Gasteiger charge is -2.21. The van der Waals surface area contributed by atoms with Gasteiger partial charge in [-0.1, -0.05) is 35.3 Å². The van der Waals surface area contributed by atoms with Crippen molar-refractivity contribution < 1.29 is 4.79 Å². The SMILES string of the molecule is CCCCN(CCBr)C(=O)c1cccc(=O)[nH]1. The molecule has 0 unspecified atom stereocenters. The second-order valence-electron chi connectivity index (χ2n) is 3.76. The highest BCUT2D eigenvalue weighted by atomic mass is 79.9. The number of halogens is 1. The van der Waals surface area contributed by atoms with E-state index in [4.69, 9.17) is 0 Å². The van der Waals surface area contributed by atoms with Crippen LogP contribution < -0.4 is 5.56 Å². The van der Waals surface area contributed by atoms with Crippen LogP contribution in [0.15, 0.2) is 23.0 Å². The average molecular weight is 301 g/mol. The number of nitrogens with one attached hydrogen (secondary N) is 1. The molecular formula is C12H17BrN2O2. The lowest BCUT2D eigenvalue weighted by Crippen LogP contribution is -2.34. The van der Waals surface area contributed by atoms with Gasteiger partial charge < -0.3 is 9.88 Å². The van der Waals surface area contributed by atoms with Crippen molar-refractivity contribution in [2.45, 2.75) is 19.8 Å². The monoisotopic (exact) mass is 300 g/mol. The quantitative estimate of drug-likeness (QED) is 0.817. The van der Waals surface area contributed by atoms with Crippen LogP contribution in [0.3, 0.4) is 0 Å². The Morgan fingerprint density at radius 2 is 2.18 bits per heavy atom. The number of alkyl halides is 1. The van der Waals surface area contributed by atoms with Crippen LogP contribution in [0.1, 0.15) is 30.3 Å². The Morgan fingerprint density at radius 3 is 2.76 bits per heavy atom. The van der Waals surface area contributed by atoms with Gasteiger partial charge in [0.1, 0.15) is 5.69 Å². The molecule has 0 saturated carbocycles. The molecule has 1 aromatic rings. The zero-order valence-electron chi connectivity index (χ0n) is 9.91. The zero-order chi connectivity index (χ0) is 12.7. The first-order valence-corrected chi connectivity index (χ1v) is 6.85. The topological polar surface area (TPSA) is 53.2 Å². The maximum Gasteiger partial charge on any atom is 0.270 e. The summed E-state index contributed by atoms with van der Waals surface area (Å²) >= 11 is 3.33. The van der Waals surface area contributed by atoms with Gasteiger partial charge in [0, 0.05) is 24.5 Å². The fraction of sp³-hybridized carbons (Fsp3) is 0.500. The normalized spacial score (nSPS) is 10.2. The smallest absolute Gasteiger partial charge is 0.270 e. The Bertz CT molecular complexity index is 417. The molecule has 1 aromatic heterocycles. The van der Waals surface area contributed by atoms with Crippen molar-refractivity contribution in [3.63, 3.8) is 0 Å². The lowest BCUT2D eigenvalue weighted by molar-refractivity contribution is 0.0758. The third-order valence-electron chi connectivity index (χ3n) is 2.42. The lowest BCUT2D eigenvalue weighted by atomic mass is 10.2. The minimum atomic E-state index is -0.245. The van der Waals surface area contributed by atoms with Gasteiger partial charge in [0.15, 0.2) is 0 Å². The van der Waals surface area contributed by atoms with E-state index in [0.717, 1.165) is 24.7 Å². The highest BCUT2D eigenvalue weighted by Crippen LogP contribution is 2.03. The third kappa shape index (κ3) is 4.34. The number of rotatable bonds is 6. The molecule has 1 heterocycles. The van der Waals surface area contributed by atoms with Gasteiger partial charge in [-0.15, -0.1) is 0 Å². The molecule has 0 saturated heterocycles. The maximum absolute atomic E-state index is 12.1. The van der Waals surface area contributed by atoms with E-state index in [1.165, 1.54) is 6.07 Å². The van der Waals surface area contributed by atoms with Crippen molar-refractivity contribution in [3.05, 3.63) is 34.2 Å². The molecule has 1 amide bonds. The first-order valence-electron chi connectivity index (χ1n) is 5.73. The van der Waals surface area contributed by atoms with E-state index in [1.54, 1.807) is 17.0 Å². The third-order valence-corrected chi connectivity index (χ3v) is 2.78. The van der Waals surface area contributed by atoms with Crippen molar-refractivity contribution in [2.75, 3.05) is 18.4 Å². The molecule has 1 N–H and O–H groups in total. The molecule has 0 aliphatic carbocycles. The van der Waals surface area contributed by atoms with Crippen LogP contribution in [0, 0.1) is 0 Å². The number of H-pyrrole nitrogens is 1. The van der Waals surface area contributed by atoms with Gasteiger partial charge in [-0.3, -0.25) is 9.59 Å². The van der Waals surface area contributed by atoms with Crippen LogP contribution in [0.5, 0.6) is 0 Å². The number of nitrogens with zero attached hydrogens (tertiary/aromatic N) is 1. The summed E-state index contributed by atoms with van der Waals surface area (Å²) in [6, 6.07) is 4.63. The van der Waals surface area contributed by atoms with Gasteiger partial charge in [0.25, 0.3) is 5.91 Å². The molecule has 0 radical (unpaired) electrons. The number of hydrogen-bond acceptors (Lipinski definition) is 2. The molecule has 4 nitrogen and oxygen atoms in total. The summed E-state index contributed by atoms with van der Waals surface area (Å²) in [5, 5.41) is 0.736. The molecule has 0 atom stereocenters. The van der Waals surface area contributed by atoms with E-state index >= 15 is 0 Å². The molecule has 0 aromatic carbocycles. The largest absolute Gasteiger partial charge is 0.337 e. The fourth-order valence-electron chi connectivity index (χ4n) is 1.51. The second-order valence-corrected chi connectivity index (χ2v) is 4.56. The number of carbonyl (C=O) groups is 1. The number of aromatic amines is 1. The molecule has 17 heavy (non-hydrogen) atoms. The molecule has 1 rings (SSSR count). The summed E-state index contributed by atoms with van der Waals surface area (Å²) < 4.78 is 0. The van der Waals surface area contributed by atoms with Crippen LogP contribution in [0.2, 0.25) is 0 Å². The number of pyridine rings is 1. The first kappa shape index (κ1) is 14.0. The molecule has 5 heteroatoms. The Balaban J connectivity index is 2.79. The van der Waals surface area contributed by atoms with Gasteiger partial charge in [0.05, 0.1) is 0 Å². The molecule has 94 valence electrons. The van der Waals surface area contributed by atoms with E-state index < -0.39 is 0 Å². The van der Waals surface area contributed by atoms with Crippen LogP contribution >= 0.6 is 15.9 Å². The molecular weight excluding hydrogens is 284 g/mol.